The van der Waals surface area contributed by atoms with Crippen molar-refractivity contribution in [2.24, 2.45) is 5.92 Å². The lowest BCUT2D eigenvalue weighted by atomic mass is 9.94. The fourth-order valence-corrected chi connectivity index (χ4v) is 1.74. The van der Waals surface area contributed by atoms with E-state index in [4.69, 9.17) is 0 Å². The van der Waals surface area contributed by atoms with Crippen molar-refractivity contribution in [3.05, 3.63) is 11.1 Å². The summed E-state index contributed by atoms with van der Waals surface area (Å²) in [5.41, 5.74) is 3.27. The van der Waals surface area contributed by atoms with Crippen molar-refractivity contribution in [2.45, 2.75) is 53.9 Å². The van der Waals surface area contributed by atoms with E-state index in [-0.39, 0.29) is 0 Å². The first kappa shape index (κ1) is 10.7. The molecule has 0 rings (SSSR count). The largest absolute Gasteiger partial charge is 0.0739 e. The van der Waals surface area contributed by atoms with Gasteiger partial charge in [0.25, 0.3) is 0 Å². The summed E-state index contributed by atoms with van der Waals surface area (Å²) in [4.78, 5) is 0. The van der Waals surface area contributed by atoms with Gasteiger partial charge in [-0.05, 0) is 25.7 Å². The van der Waals surface area contributed by atoms with Gasteiger partial charge < -0.3 is 0 Å². The fourth-order valence-electron chi connectivity index (χ4n) is 1.74. The zero-order valence-corrected chi connectivity index (χ0v) is 8.70. The number of allylic oxidation sites excluding steroid dienone is 2. The highest BCUT2D eigenvalue weighted by molar-refractivity contribution is 5.13. The smallest absolute Gasteiger partial charge is 0.0258 e. The lowest BCUT2D eigenvalue weighted by molar-refractivity contribution is 0.703. The van der Waals surface area contributed by atoms with Gasteiger partial charge in [-0.15, -0.1) is 0 Å². The minimum atomic E-state index is 0.742. The minimum Gasteiger partial charge on any atom is -0.0739 e. The van der Waals surface area contributed by atoms with Crippen LogP contribution in [-0.4, -0.2) is 0 Å². The van der Waals surface area contributed by atoms with Crippen LogP contribution in [0.1, 0.15) is 53.9 Å². The second-order valence-corrected chi connectivity index (χ2v) is 3.56. The predicted octanol–water partition coefficient (Wildman–Crippen LogP) is 4.17. The molecule has 0 heterocycles. The van der Waals surface area contributed by atoms with E-state index in [1.54, 1.807) is 11.1 Å². The summed E-state index contributed by atoms with van der Waals surface area (Å²) in [7, 11) is 0. The minimum absolute atomic E-state index is 0.742. The Balaban J connectivity index is 4.27. The van der Waals surface area contributed by atoms with Crippen LogP contribution in [0.25, 0.3) is 0 Å². The van der Waals surface area contributed by atoms with Gasteiger partial charge in [0.15, 0.2) is 0 Å². The van der Waals surface area contributed by atoms with Gasteiger partial charge in [-0.3, -0.25) is 0 Å². The Labute approximate surface area is 71.7 Å². The highest BCUT2D eigenvalue weighted by Crippen LogP contribution is 2.20. The zero-order valence-electron chi connectivity index (χ0n) is 8.70. The molecule has 0 aromatic carbocycles. The Hall–Kier alpha value is -0.260. The van der Waals surface area contributed by atoms with E-state index >= 15 is 0 Å². The molecule has 0 saturated heterocycles. The Kier molecular flexibility index (Phi) is 5.27. The molecule has 0 bridgehead atoms. The van der Waals surface area contributed by atoms with Crippen molar-refractivity contribution < 1.29 is 0 Å². The van der Waals surface area contributed by atoms with Crippen molar-refractivity contribution in [2.75, 3.05) is 0 Å². The molecule has 0 amide bonds. The predicted molar refractivity (Wildman–Crippen MR) is 52.7 cm³/mol. The summed E-state index contributed by atoms with van der Waals surface area (Å²) < 4.78 is 0. The van der Waals surface area contributed by atoms with E-state index in [0.717, 1.165) is 5.92 Å². The van der Waals surface area contributed by atoms with Gasteiger partial charge in [0.2, 0.25) is 0 Å². The van der Waals surface area contributed by atoms with Crippen molar-refractivity contribution >= 4 is 0 Å². The highest BCUT2D eigenvalue weighted by Gasteiger charge is 2.03. The van der Waals surface area contributed by atoms with Crippen molar-refractivity contribution in [1.29, 1.82) is 0 Å². The molecule has 0 fully saturated rings. The maximum Gasteiger partial charge on any atom is -0.0258 e. The normalized spacial score (nSPS) is 13.6. The second kappa shape index (κ2) is 5.40. The summed E-state index contributed by atoms with van der Waals surface area (Å²) in [5, 5.41) is 0. The van der Waals surface area contributed by atoms with E-state index in [1.807, 2.05) is 0 Å². The van der Waals surface area contributed by atoms with Gasteiger partial charge in [-0.1, -0.05) is 45.3 Å². The van der Waals surface area contributed by atoms with Crippen molar-refractivity contribution in [3.8, 4) is 0 Å². The van der Waals surface area contributed by atoms with Gasteiger partial charge >= 0.3 is 0 Å². The number of rotatable bonds is 4. The third-order valence-electron chi connectivity index (χ3n) is 2.25. The molecule has 0 aliphatic heterocycles. The van der Waals surface area contributed by atoms with Crippen LogP contribution in [0.5, 0.6) is 0 Å². The molecule has 0 aliphatic rings. The molecule has 0 N–H and O–H groups in total. The molecule has 0 radical (unpaired) electrons. The molecule has 0 aliphatic carbocycles. The highest BCUT2D eigenvalue weighted by atomic mass is 14.1. The van der Waals surface area contributed by atoms with E-state index in [9.17, 15) is 0 Å². The van der Waals surface area contributed by atoms with Crippen LogP contribution >= 0.6 is 0 Å². The monoisotopic (exact) mass is 154 g/mol. The lowest BCUT2D eigenvalue weighted by Crippen LogP contribution is -1.96. The van der Waals surface area contributed by atoms with E-state index in [2.05, 4.69) is 34.6 Å². The Bertz CT molecular complexity index is 129. The summed E-state index contributed by atoms with van der Waals surface area (Å²) >= 11 is 0. The van der Waals surface area contributed by atoms with E-state index in [0.29, 0.717) is 0 Å². The molecule has 0 atom stereocenters. The van der Waals surface area contributed by atoms with E-state index < -0.39 is 0 Å². The summed E-state index contributed by atoms with van der Waals surface area (Å²) in [5.74, 6) is 0.742. The Morgan fingerprint density at radius 1 is 1.18 bits per heavy atom. The average molecular weight is 154 g/mol. The molecule has 0 unspecified atom stereocenters. The van der Waals surface area contributed by atoms with Gasteiger partial charge in [0.1, 0.15) is 0 Å². The summed E-state index contributed by atoms with van der Waals surface area (Å²) in [6.45, 7) is 11.4. The van der Waals surface area contributed by atoms with Crippen molar-refractivity contribution in [1.82, 2.24) is 0 Å². The Morgan fingerprint density at radius 3 is 2.00 bits per heavy atom. The molecule has 0 aromatic rings. The molecule has 66 valence electrons. The molecule has 0 nitrogen and oxygen atoms in total. The average Bonchev–Trinajstić information content (AvgIpc) is 1.88. The fraction of sp³-hybridized carbons (Fsp3) is 0.818. The van der Waals surface area contributed by atoms with Crippen molar-refractivity contribution in [3.63, 3.8) is 0 Å². The van der Waals surface area contributed by atoms with Crippen LogP contribution in [0.3, 0.4) is 0 Å². The maximum atomic E-state index is 2.29. The molecule has 0 aromatic heterocycles. The number of hydrogen-bond acceptors (Lipinski definition) is 0. The summed E-state index contributed by atoms with van der Waals surface area (Å²) in [6, 6.07) is 0. The van der Waals surface area contributed by atoms with Crippen LogP contribution in [0.4, 0.5) is 0 Å². The maximum absolute atomic E-state index is 2.29. The lowest BCUT2D eigenvalue weighted by Gasteiger charge is -2.13. The molecule has 0 spiro atoms. The topological polar surface area (TPSA) is 0 Å². The van der Waals surface area contributed by atoms with Crippen LogP contribution in [-0.2, 0) is 0 Å². The second-order valence-electron chi connectivity index (χ2n) is 3.56. The number of hydrogen-bond donors (Lipinski definition) is 0. The first-order chi connectivity index (χ1) is 5.13. The van der Waals surface area contributed by atoms with Crippen LogP contribution in [0.15, 0.2) is 11.1 Å². The third-order valence-corrected chi connectivity index (χ3v) is 2.25. The first-order valence-electron chi connectivity index (χ1n) is 4.81. The van der Waals surface area contributed by atoms with Gasteiger partial charge in [0, 0.05) is 0 Å². The van der Waals surface area contributed by atoms with Gasteiger partial charge in [-0.2, -0.15) is 0 Å². The van der Waals surface area contributed by atoms with Crippen LogP contribution in [0.2, 0.25) is 0 Å². The van der Waals surface area contributed by atoms with Gasteiger partial charge in [0.05, 0.1) is 0 Å². The van der Waals surface area contributed by atoms with E-state index in [1.165, 1.54) is 19.3 Å². The third kappa shape index (κ3) is 3.60. The van der Waals surface area contributed by atoms with Gasteiger partial charge in [-0.25, -0.2) is 0 Å². The quantitative estimate of drug-likeness (QED) is 0.533. The molecular weight excluding hydrogens is 132 g/mol. The first-order valence-corrected chi connectivity index (χ1v) is 4.81. The summed E-state index contributed by atoms with van der Waals surface area (Å²) in [6.07, 6.45) is 3.78. The standard InChI is InChI=1S/C11H22/c1-6-8-10(5)11(7-2)9(3)4/h9H,6-8H2,1-5H3. The molecular formula is C11H22. The van der Waals surface area contributed by atoms with Crippen LogP contribution < -0.4 is 0 Å². The molecule has 0 saturated carbocycles. The zero-order chi connectivity index (χ0) is 8.85. The Morgan fingerprint density at radius 2 is 1.73 bits per heavy atom. The SMILES string of the molecule is CCCC(C)=C(CC)C(C)C. The molecule has 11 heavy (non-hydrogen) atoms. The molecule has 0 heteroatoms. The van der Waals surface area contributed by atoms with Crippen LogP contribution in [0, 0.1) is 5.92 Å².